The number of nitrogens with one attached hydrogen (secondary N) is 1. The van der Waals surface area contributed by atoms with E-state index in [0.29, 0.717) is 5.65 Å². The monoisotopic (exact) mass is 215 g/mol. The van der Waals surface area contributed by atoms with Crippen molar-refractivity contribution in [2.24, 2.45) is 5.73 Å². The van der Waals surface area contributed by atoms with Crippen LogP contribution in [-0.2, 0) is 5.41 Å². The molecule has 2 saturated carbocycles. The van der Waals surface area contributed by atoms with E-state index in [1.165, 1.54) is 18.4 Å². The maximum absolute atomic E-state index is 6.37. The van der Waals surface area contributed by atoms with Crippen molar-refractivity contribution < 1.29 is 0 Å². The van der Waals surface area contributed by atoms with Crippen LogP contribution in [0.4, 0.5) is 0 Å². The van der Waals surface area contributed by atoms with Crippen LogP contribution in [0.15, 0.2) is 12.3 Å². The number of fused-ring (bicyclic) bond motifs is 1. The number of rotatable bonds is 2. The van der Waals surface area contributed by atoms with Gasteiger partial charge in [-0.15, -0.1) is 5.10 Å². The minimum Gasteiger partial charge on any atom is -0.324 e. The zero-order valence-electron chi connectivity index (χ0n) is 8.90. The van der Waals surface area contributed by atoms with Crippen LogP contribution in [0.5, 0.6) is 0 Å². The third-order valence-electron chi connectivity index (χ3n) is 4.22. The van der Waals surface area contributed by atoms with Gasteiger partial charge in [0.05, 0.1) is 0 Å². The highest BCUT2D eigenvalue weighted by Crippen LogP contribution is 2.63. The summed E-state index contributed by atoms with van der Waals surface area (Å²) in [5.74, 6) is 0. The zero-order valence-corrected chi connectivity index (χ0v) is 8.90. The Bertz CT molecular complexity index is 565. The fourth-order valence-corrected chi connectivity index (χ4v) is 2.81. The van der Waals surface area contributed by atoms with Crippen molar-refractivity contribution in [3.05, 3.63) is 17.8 Å². The van der Waals surface area contributed by atoms with E-state index in [4.69, 9.17) is 5.73 Å². The topological polar surface area (TPSA) is 80.5 Å². The molecule has 2 aliphatic rings. The van der Waals surface area contributed by atoms with Crippen LogP contribution < -0.4 is 5.73 Å². The number of nitrogens with zero attached hydrogens (tertiary/aromatic N) is 3. The molecule has 0 radical (unpaired) electrons. The summed E-state index contributed by atoms with van der Waals surface area (Å²) in [6.45, 7) is 0. The number of aromatic amines is 1. The third-order valence-corrected chi connectivity index (χ3v) is 4.22. The molecule has 0 unspecified atom stereocenters. The van der Waals surface area contributed by atoms with Gasteiger partial charge in [0.1, 0.15) is 5.52 Å². The Labute approximate surface area is 92.4 Å². The second-order valence-corrected chi connectivity index (χ2v) is 5.13. The van der Waals surface area contributed by atoms with E-state index in [0.717, 1.165) is 18.4 Å². The van der Waals surface area contributed by atoms with Crippen molar-refractivity contribution in [3.8, 4) is 0 Å². The summed E-state index contributed by atoms with van der Waals surface area (Å²) in [5.41, 5.74) is 9.36. The van der Waals surface area contributed by atoms with Crippen LogP contribution in [0.25, 0.3) is 11.2 Å². The van der Waals surface area contributed by atoms with E-state index in [2.05, 4.69) is 26.5 Å². The number of H-pyrrole nitrogens is 1. The molecule has 2 aromatic rings. The van der Waals surface area contributed by atoms with Gasteiger partial charge in [-0.05, 0) is 37.3 Å². The Balaban J connectivity index is 1.87. The van der Waals surface area contributed by atoms with Gasteiger partial charge in [-0.2, -0.15) is 10.3 Å². The van der Waals surface area contributed by atoms with Gasteiger partial charge in [-0.3, -0.25) is 0 Å². The quantitative estimate of drug-likeness (QED) is 0.779. The number of nitrogens with two attached hydrogens (primary N) is 1. The minimum atomic E-state index is 0.0338. The molecule has 2 fully saturated rings. The van der Waals surface area contributed by atoms with Crippen LogP contribution in [0, 0.1) is 0 Å². The smallest absolute Gasteiger partial charge is 0.201 e. The molecule has 0 saturated heterocycles. The number of aromatic nitrogens is 4. The molecule has 4 rings (SSSR count). The Morgan fingerprint density at radius 2 is 2.00 bits per heavy atom. The maximum Gasteiger partial charge on any atom is 0.201 e. The number of hydrogen-bond donors (Lipinski definition) is 2. The average molecular weight is 215 g/mol. The Morgan fingerprint density at radius 1 is 1.19 bits per heavy atom. The number of pyridine rings is 1. The van der Waals surface area contributed by atoms with Crippen molar-refractivity contribution in [2.45, 2.75) is 36.6 Å². The fraction of sp³-hybridized carbons (Fsp3) is 0.545. The first-order valence-corrected chi connectivity index (χ1v) is 5.70. The molecule has 0 spiro atoms. The molecule has 2 aromatic heterocycles. The first-order valence-electron chi connectivity index (χ1n) is 5.70. The predicted octanol–water partition coefficient (Wildman–Crippen LogP) is 0.876. The highest BCUT2D eigenvalue weighted by molar-refractivity contribution is 5.70. The summed E-state index contributed by atoms with van der Waals surface area (Å²) in [6.07, 6.45) is 6.58. The molecule has 0 aromatic carbocycles. The van der Waals surface area contributed by atoms with Crippen molar-refractivity contribution in [1.82, 2.24) is 20.4 Å². The Morgan fingerprint density at radius 3 is 2.69 bits per heavy atom. The van der Waals surface area contributed by atoms with Gasteiger partial charge < -0.3 is 5.73 Å². The van der Waals surface area contributed by atoms with Crippen molar-refractivity contribution in [2.75, 3.05) is 0 Å². The van der Waals surface area contributed by atoms with Crippen LogP contribution in [0.2, 0.25) is 0 Å². The molecule has 2 heterocycles. The standard InChI is InChI=1S/C11H13N5/c12-11(3-4-11)10(1-2-10)7-5-8-9(13-6-7)15-16-14-8/h5-6H,1-4,12H2,(H,13,14,15,16). The van der Waals surface area contributed by atoms with Crippen LogP contribution in [-0.4, -0.2) is 25.9 Å². The van der Waals surface area contributed by atoms with Crippen LogP contribution >= 0.6 is 0 Å². The van der Waals surface area contributed by atoms with Gasteiger partial charge in [0.25, 0.3) is 0 Å². The van der Waals surface area contributed by atoms with Gasteiger partial charge in [0.2, 0.25) is 5.65 Å². The SMILES string of the molecule is NC1(C2(c3cnc4n[nH]nc4c3)CC2)CC1. The summed E-state index contributed by atoms with van der Waals surface area (Å²) in [4.78, 5) is 4.33. The number of hydrogen-bond acceptors (Lipinski definition) is 4. The lowest BCUT2D eigenvalue weighted by Gasteiger charge is -2.22. The second kappa shape index (κ2) is 2.43. The van der Waals surface area contributed by atoms with Gasteiger partial charge in [0.15, 0.2) is 0 Å². The second-order valence-electron chi connectivity index (χ2n) is 5.13. The lowest BCUT2D eigenvalue weighted by Crippen LogP contribution is -2.37. The van der Waals surface area contributed by atoms with Gasteiger partial charge >= 0.3 is 0 Å². The van der Waals surface area contributed by atoms with Crippen LogP contribution in [0.1, 0.15) is 31.2 Å². The fourth-order valence-electron chi connectivity index (χ4n) is 2.81. The van der Waals surface area contributed by atoms with Gasteiger partial charge in [-0.1, -0.05) is 0 Å². The normalized spacial score (nSPS) is 24.6. The Hall–Kier alpha value is -1.49. The summed E-state index contributed by atoms with van der Waals surface area (Å²) in [5, 5.41) is 10.6. The third kappa shape index (κ3) is 0.917. The summed E-state index contributed by atoms with van der Waals surface area (Å²) >= 11 is 0. The molecule has 16 heavy (non-hydrogen) atoms. The van der Waals surface area contributed by atoms with E-state index >= 15 is 0 Å². The predicted molar refractivity (Wildman–Crippen MR) is 58.7 cm³/mol. The van der Waals surface area contributed by atoms with Crippen molar-refractivity contribution in [1.29, 1.82) is 0 Å². The molecule has 5 heteroatoms. The molecule has 82 valence electrons. The first kappa shape index (κ1) is 8.64. The molecule has 5 nitrogen and oxygen atoms in total. The molecule has 0 bridgehead atoms. The zero-order chi connectivity index (χ0) is 10.8. The van der Waals surface area contributed by atoms with E-state index in [1.54, 1.807) is 0 Å². The summed E-state index contributed by atoms with van der Waals surface area (Å²) in [6, 6.07) is 2.09. The van der Waals surface area contributed by atoms with E-state index in [-0.39, 0.29) is 11.0 Å². The Kier molecular flexibility index (Phi) is 1.31. The average Bonchev–Trinajstić information content (AvgIpc) is 3.18. The molecule has 3 N–H and O–H groups in total. The minimum absolute atomic E-state index is 0.0338. The summed E-state index contributed by atoms with van der Waals surface area (Å²) < 4.78 is 0. The first-order chi connectivity index (χ1) is 7.74. The highest BCUT2D eigenvalue weighted by Gasteiger charge is 2.64. The van der Waals surface area contributed by atoms with Crippen LogP contribution in [0.3, 0.4) is 0 Å². The molecular weight excluding hydrogens is 202 g/mol. The van der Waals surface area contributed by atoms with E-state index in [1.807, 2.05) is 6.20 Å². The molecular formula is C11H13N5. The largest absolute Gasteiger partial charge is 0.324 e. The molecule has 0 amide bonds. The van der Waals surface area contributed by atoms with Gasteiger partial charge in [0, 0.05) is 17.2 Å². The highest BCUT2D eigenvalue weighted by atomic mass is 15.3. The van der Waals surface area contributed by atoms with Crippen molar-refractivity contribution >= 4 is 11.2 Å². The lowest BCUT2D eigenvalue weighted by atomic mass is 9.87. The van der Waals surface area contributed by atoms with Gasteiger partial charge in [-0.25, -0.2) is 4.98 Å². The lowest BCUT2D eigenvalue weighted by molar-refractivity contribution is 0.502. The molecule has 2 aliphatic carbocycles. The molecule has 0 aliphatic heterocycles. The molecule has 0 atom stereocenters. The van der Waals surface area contributed by atoms with E-state index in [9.17, 15) is 0 Å². The summed E-state index contributed by atoms with van der Waals surface area (Å²) in [7, 11) is 0. The van der Waals surface area contributed by atoms with Crippen molar-refractivity contribution in [3.63, 3.8) is 0 Å². The van der Waals surface area contributed by atoms with E-state index < -0.39 is 0 Å². The maximum atomic E-state index is 6.37.